The van der Waals surface area contributed by atoms with E-state index in [0.717, 1.165) is 0 Å². The van der Waals surface area contributed by atoms with Crippen LogP contribution in [0.2, 0.25) is 0 Å². The van der Waals surface area contributed by atoms with E-state index in [4.69, 9.17) is 0 Å². The number of fused-ring (bicyclic) bond motifs is 1. The Hall–Kier alpha value is -2.08. The molecular weight excluding hydrogens is 216 g/mol. The van der Waals surface area contributed by atoms with E-state index in [9.17, 15) is 0 Å². The summed E-state index contributed by atoms with van der Waals surface area (Å²) >= 11 is 0. The van der Waals surface area contributed by atoms with E-state index in [-0.39, 0.29) is 0 Å². The van der Waals surface area contributed by atoms with Gasteiger partial charge in [-0.15, -0.1) is 0 Å². The van der Waals surface area contributed by atoms with E-state index >= 15 is 0 Å². The highest BCUT2D eigenvalue weighted by Crippen LogP contribution is 2.30. The summed E-state index contributed by atoms with van der Waals surface area (Å²) in [6, 6.07) is 21.8. The molecule has 0 heteroatoms. The highest BCUT2D eigenvalue weighted by Gasteiger charge is 2.04. The van der Waals surface area contributed by atoms with Crippen LogP contribution in [0.25, 0.3) is 21.9 Å². The molecule has 0 bridgehead atoms. The van der Waals surface area contributed by atoms with Gasteiger partial charge < -0.3 is 0 Å². The second kappa shape index (κ2) is 4.30. The van der Waals surface area contributed by atoms with Crippen molar-refractivity contribution in [3.63, 3.8) is 0 Å². The first-order chi connectivity index (χ1) is 8.74. The summed E-state index contributed by atoms with van der Waals surface area (Å²) in [6.45, 7) is 4.30. The van der Waals surface area contributed by atoms with Crippen molar-refractivity contribution in [1.82, 2.24) is 0 Å². The quantitative estimate of drug-likeness (QED) is 0.546. The van der Waals surface area contributed by atoms with Crippen LogP contribution in [0.4, 0.5) is 0 Å². The molecule has 0 N–H and O–H groups in total. The summed E-state index contributed by atoms with van der Waals surface area (Å²) in [4.78, 5) is 0. The molecule has 0 saturated heterocycles. The van der Waals surface area contributed by atoms with Gasteiger partial charge in [-0.25, -0.2) is 0 Å². The minimum atomic E-state index is 1.29. The van der Waals surface area contributed by atoms with Gasteiger partial charge in [0, 0.05) is 0 Å². The highest BCUT2D eigenvalue weighted by molar-refractivity contribution is 5.97. The smallest absolute Gasteiger partial charge is 0.0103 e. The molecule has 18 heavy (non-hydrogen) atoms. The lowest BCUT2D eigenvalue weighted by Gasteiger charge is -2.09. The molecule has 3 aromatic carbocycles. The summed E-state index contributed by atoms with van der Waals surface area (Å²) < 4.78 is 0. The minimum absolute atomic E-state index is 1.29. The molecule has 0 fully saturated rings. The van der Waals surface area contributed by atoms with Crippen molar-refractivity contribution in [2.75, 3.05) is 0 Å². The molecule has 0 aromatic heterocycles. The topological polar surface area (TPSA) is 0 Å². The van der Waals surface area contributed by atoms with Crippen LogP contribution >= 0.6 is 0 Å². The van der Waals surface area contributed by atoms with Gasteiger partial charge in [-0.3, -0.25) is 0 Å². The highest BCUT2D eigenvalue weighted by atomic mass is 14.1. The monoisotopic (exact) mass is 232 g/mol. The molecule has 3 rings (SSSR count). The Bertz CT molecular complexity index is 689. The minimum Gasteiger partial charge on any atom is -0.0622 e. The lowest BCUT2D eigenvalue weighted by molar-refractivity contribution is 1.47. The Balaban J connectivity index is 2.35. The molecule has 0 aliphatic carbocycles. The van der Waals surface area contributed by atoms with Crippen molar-refractivity contribution in [3.05, 3.63) is 71.8 Å². The van der Waals surface area contributed by atoms with Crippen LogP contribution in [0, 0.1) is 13.8 Å². The SMILES string of the molecule is Cc1ccc2c(-c3ccccc3)cc(C)cc2c1. The Morgan fingerprint density at radius 2 is 1.39 bits per heavy atom. The fraction of sp³-hybridized carbons (Fsp3) is 0.111. The first kappa shape index (κ1) is 11.0. The molecule has 0 radical (unpaired) electrons. The Morgan fingerprint density at radius 1 is 0.667 bits per heavy atom. The zero-order chi connectivity index (χ0) is 12.5. The summed E-state index contributed by atoms with van der Waals surface area (Å²) in [5.41, 5.74) is 5.24. The third kappa shape index (κ3) is 1.91. The lowest BCUT2D eigenvalue weighted by Crippen LogP contribution is -1.84. The summed E-state index contributed by atoms with van der Waals surface area (Å²) in [5, 5.41) is 2.66. The van der Waals surface area contributed by atoms with Gasteiger partial charge in [-0.05, 0) is 41.3 Å². The maximum atomic E-state index is 2.27. The van der Waals surface area contributed by atoms with Crippen molar-refractivity contribution in [2.24, 2.45) is 0 Å². The van der Waals surface area contributed by atoms with Gasteiger partial charge in [-0.2, -0.15) is 0 Å². The third-order valence-corrected chi connectivity index (χ3v) is 3.34. The van der Waals surface area contributed by atoms with Crippen molar-refractivity contribution in [2.45, 2.75) is 13.8 Å². The number of benzene rings is 3. The van der Waals surface area contributed by atoms with Crippen LogP contribution < -0.4 is 0 Å². The van der Waals surface area contributed by atoms with Crippen molar-refractivity contribution >= 4 is 10.8 Å². The Kier molecular flexibility index (Phi) is 2.64. The van der Waals surface area contributed by atoms with Gasteiger partial charge in [0.1, 0.15) is 0 Å². The molecule has 0 aliphatic heterocycles. The summed E-state index contributed by atoms with van der Waals surface area (Å²) in [6.07, 6.45) is 0. The molecule has 0 amide bonds. The van der Waals surface area contributed by atoms with Crippen LogP contribution in [0.15, 0.2) is 60.7 Å². The molecule has 0 nitrogen and oxygen atoms in total. The van der Waals surface area contributed by atoms with Crippen LogP contribution in [0.5, 0.6) is 0 Å². The van der Waals surface area contributed by atoms with Gasteiger partial charge in [0.05, 0.1) is 0 Å². The predicted molar refractivity (Wildman–Crippen MR) is 78.9 cm³/mol. The number of rotatable bonds is 1. The maximum Gasteiger partial charge on any atom is -0.0103 e. The zero-order valence-corrected chi connectivity index (χ0v) is 10.8. The van der Waals surface area contributed by atoms with E-state index in [0.29, 0.717) is 0 Å². The number of aryl methyl sites for hydroxylation is 2. The second-order valence-electron chi connectivity index (χ2n) is 4.90. The van der Waals surface area contributed by atoms with Crippen LogP contribution in [-0.2, 0) is 0 Å². The van der Waals surface area contributed by atoms with E-state index < -0.39 is 0 Å². The van der Waals surface area contributed by atoms with Crippen LogP contribution in [0.1, 0.15) is 11.1 Å². The fourth-order valence-corrected chi connectivity index (χ4v) is 2.50. The van der Waals surface area contributed by atoms with E-state index in [1.807, 2.05) is 0 Å². The standard InChI is InChI=1S/C18H16/c1-13-8-9-17-16(10-13)11-14(2)12-18(17)15-6-4-3-5-7-15/h3-12H,1-2H3. The van der Waals surface area contributed by atoms with E-state index in [1.54, 1.807) is 0 Å². The largest absolute Gasteiger partial charge is 0.0622 e. The van der Waals surface area contributed by atoms with E-state index in [1.165, 1.54) is 33.0 Å². The van der Waals surface area contributed by atoms with Crippen molar-refractivity contribution in [3.8, 4) is 11.1 Å². The molecule has 0 spiro atoms. The lowest BCUT2D eigenvalue weighted by atomic mass is 9.95. The van der Waals surface area contributed by atoms with Gasteiger partial charge in [0.2, 0.25) is 0 Å². The Labute approximate surface area is 108 Å². The van der Waals surface area contributed by atoms with Crippen molar-refractivity contribution < 1.29 is 0 Å². The van der Waals surface area contributed by atoms with Gasteiger partial charge >= 0.3 is 0 Å². The molecule has 0 aliphatic rings. The summed E-state index contributed by atoms with van der Waals surface area (Å²) in [7, 11) is 0. The Morgan fingerprint density at radius 3 is 2.17 bits per heavy atom. The molecule has 0 atom stereocenters. The number of hydrogen-bond donors (Lipinski definition) is 0. The number of hydrogen-bond acceptors (Lipinski definition) is 0. The first-order valence-corrected chi connectivity index (χ1v) is 6.30. The molecule has 0 heterocycles. The van der Waals surface area contributed by atoms with Crippen LogP contribution in [0.3, 0.4) is 0 Å². The fourth-order valence-electron chi connectivity index (χ4n) is 2.50. The third-order valence-electron chi connectivity index (χ3n) is 3.34. The molecule has 0 unspecified atom stereocenters. The summed E-state index contributed by atoms with van der Waals surface area (Å²) in [5.74, 6) is 0. The molecule has 3 aromatic rings. The molecule has 88 valence electrons. The van der Waals surface area contributed by atoms with Crippen molar-refractivity contribution in [1.29, 1.82) is 0 Å². The zero-order valence-electron chi connectivity index (χ0n) is 10.8. The van der Waals surface area contributed by atoms with Gasteiger partial charge in [0.15, 0.2) is 0 Å². The van der Waals surface area contributed by atoms with E-state index in [2.05, 4.69) is 74.5 Å². The average Bonchev–Trinajstić information content (AvgIpc) is 2.38. The van der Waals surface area contributed by atoms with Gasteiger partial charge in [-0.1, -0.05) is 66.2 Å². The predicted octanol–water partition coefficient (Wildman–Crippen LogP) is 5.12. The normalized spacial score (nSPS) is 10.8. The van der Waals surface area contributed by atoms with Crippen LogP contribution in [-0.4, -0.2) is 0 Å². The first-order valence-electron chi connectivity index (χ1n) is 6.30. The molecule has 0 saturated carbocycles. The molecular formula is C18H16. The maximum absolute atomic E-state index is 2.27. The second-order valence-corrected chi connectivity index (χ2v) is 4.90. The van der Waals surface area contributed by atoms with Gasteiger partial charge in [0.25, 0.3) is 0 Å². The average molecular weight is 232 g/mol.